The molecule has 1 rings (SSSR count). The van der Waals surface area contributed by atoms with Gasteiger partial charge in [0.05, 0.1) is 11.3 Å². The molecule has 0 spiro atoms. The van der Waals surface area contributed by atoms with Gasteiger partial charge in [-0.1, -0.05) is 42.7 Å². The molecule has 2 amide bonds. The van der Waals surface area contributed by atoms with E-state index in [1.54, 1.807) is 0 Å². The molecule has 0 bridgehead atoms. The Labute approximate surface area is 168 Å². The van der Waals surface area contributed by atoms with Gasteiger partial charge >= 0.3 is 30.3 Å². The lowest BCUT2D eigenvalue weighted by molar-refractivity contribution is -0.388. The van der Waals surface area contributed by atoms with Gasteiger partial charge < -0.3 is 10.2 Å². The number of oxime groups is 1. The van der Waals surface area contributed by atoms with E-state index in [1.165, 1.54) is 19.2 Å². The fourth-order valence-corrected chi connectivity index (χ4v) is 1.83. The summed E-state index contributed by atoms with van der Waals surface area (Å²) < 4.78 is 119. The number of alkyl halides is 9. The first kappa shape index (κ1) is 25.7. The summed E-state index contributed by atoms with van der Waals surface area (Å²) in [6, 6.07) is 0.652. The summed E-state index contributed by atoms with van der Waals surface area (Å²) in [5.41, 5.74) is -8.00. The molecule has 0 unspecified atom stereocenters. The average Bonchev–Trinajstić information content (AvgIpc) is 2.55. The van der Waals surface area contributed by atoms with Crippen molar-refractivity contribution in [3.63, 3.8) is 0 Å². The van der Waals surface area contributed by atoms with E-state index in [2.05, 4.69) is 9.99 Å². The van der Waals surface area contributed by atoms with Crippen molar-refractivity contribution in [3.05, 3.63) is 29.8 Å². The van der Waals surface area contributed by atoms with Crippen LogP contribution in [0.1, 0.15) is 19.4 Å². The molecule has 0 aliphatic rings. The van der Waals surface area contributed by atoms with E-state index >= 15 is 0 Å². The van der Waals surface area contributed by atoms with Crippen molar-refractivity contribution in [1.29, 1.82) is 0 Å². The van der Waals surface area contributed by atoms with E-state index in [-0.39, 0.29) is 0 Å². The van der Waals surface area contributed by atoms with Crippen LogP contribution in [0.2, 0.25) is 0 Å². The number of halogens is 10. The number of hydrogen-bond acceptors (Lipinski definition) is 3. The molecule has 30 heavy (non-hydrogen) atoms. The van der Waals surface area contributed by atoms with Gasteiger partial charge in [-0.3, -0.25) is 5.32 Å². The lowest BCUT2D eigenvalue weighted by Crippen LogP contribution is -2.69. The summed E-state index contributed by atoms with van der Waals surface area (Å²) in [4.78, 5) is 15.4. The maximum absolute atomic E-state index is 13.3. The molecule has 1 aromatic carbocycles. The minimum absolute atomic E-state index is 0.458. The molecule has 5 nitrogen and oxygen atoms in total. The monoisotopic (exact) mass is 473 g/mol. The van der Waals surface area contributed by atoms with Crippen LogP contribution in [-0.2, 0) is 11.0 Å². The van der Waals surface area contributed by atoms with Gasteiger partial charge in [-0.25, -0.2) is 4.79 Å². The van der Waals surface area contributed by atoms with Gasteiger partial charge in [0, 0.05) is 5.92 Å². The fourth-order valence-electron chi connectivity index (χ4n) is 1.80. The molecule has 0 aromatic heterocycles. The zero-order valence-electron chi connectivity index (χ0n) is 14.9. The number of benzene rings is 1. The minimum Gasteiger partial charge on any atom is -0.346 e. The third kappa shape index (κ3) is 5.83. The second kappa shape index (κ2) is 8.78. The van der Waals surface area contributed by atoms with Crippen molar-refractivity contribution >= 4 is 28.5 Å². The number of carbonyl (C=O) groups excluding carboxylic acids is 1. The van der Waals surface area contributed by atoms with Crippen LogP contribution in [0.5, 0.6) is 0 Å². The van der Waals surface area contributed by atoms with E-state index in [0.717, 1.165) is 12.1 Å². The molecule has 0 saturated heterocycles. The van der Waals surface area contributed by atoms with Crippen molar-refractivity contribution in [2.45, 2.75) is 38.1 Å². The molecule has 0 heterocycles. The molecule has 1 aromatic rings. The number of nitrogens with one attached hydrogen (secondary N) is 2. The van der Waals surface area contributed by atoms with Crippen molar-refractivity contribution in [2.24, 2.45) is 11.1 Å². The smallest absolute Gasteiger partial charge is 0.346 e. The molecule has 0 fully saturated rings. The van der Waals surface area contributed by atoms with Gasteiger partial charge in [-0.15, -0.1) is 0 Å². The maximum atomic E-state index is 13.3. The van der Waals surface area contributed by atoms with Crippen molar-refractivity contribution in [3.8, 4) is 0 Å². The van der Waals surface area contributed by atoms with Crippen LogP contribution in [0, 0.1) is 5.92 Å². The molecular weight excluding hydrogens is 461 g/mol. The Morgan fingerprint density at radius 1 is 1.00 bits per heavy atom. The highest BCUT2D eigenvalue weighted by molar-refractivity contribution is 6.65. The summed E-state index contributed by atoms with van der Waals surface area (Å²) in [7, 11) is 0. The van der Waals surface area contributed by atoms with Crippen molar-refractivity contribution < 1.29 is 49.1 Å². The molecule has 15 heteroatoms. The standard InChI is InChI=1S/C15H13ClF9N3O2/c1-7(2)10(16)28-30-13(14(20,21)22,15(23,24)25)27-11(29)26-9-6-4-3-5-8(9)12(17,18)19/h3-7H,1-2H3,(H2,26,27,29)/b28-10+. The number of hydrogen-bond donors (Lipinski definition) is 2. The summed E-state index contributed by atoms with van der Waals surface area (Å²) in [6.45, 7) is 2.54. The van der Waals surface area contributed by atoms with E-state index in [4.69, 9.17) is 11.6 Å². The number of rotatable bonds is 5. The van der Waals surface area contributed by atoms with Gasteiger partial charge in [0.25, 0.3) is 0 Å². The normalized spacial score (nSPS) is 14.0. The Balaban J connectivity index is 3.35. The second-order valence-corrected chi connectivity index (χ2v) is 6.35. The molecule has 0 atom stereocenters. The number of urea groups is 1. The first-order chi connectivity index (χ1) is 13.4. The molecule has 2 N–H and O–H groups in total. The highest BCUT2D eigenvalue weighted by Crippen LogP contribution is 2.44. The molecule has 170 valence electrons. The molecule has 0 radical (unpaired) electrons. The number of carbonyl (C=O) groups is 1. The molecule has 0 saturated carbocycles. The van der Waals surface area contributed by atoms with Crippen LogP contribution in [0.4, 0.5) is 50.0 Å². The first-order valence-corrected chi connectivity index (χ1v) is 8.10. The van der Waals surface area contributed by atoms with Crippen molar-refractivity contribution in [2.75, 3.05) is 5.32 Å². The van der Waals surface area contributed by atoms with E-state index < -0.39 is 52.6 Å². The van der Waals surface area contributed by atoms with Gasteiger partial charge in [0.2, 0.25) is 0 Å². The summed E-state index contributed by atoms with van der Waals surface area (Å²) in [6.07, 6.45) is -17.7. The third-order valence-corrected chi connectivity index (χ3v) is 3.82. The average molecular weight is 474 g/mol. The van der Waals surface area contributed by atoms with Crippen LogP contribution in [0.3, 0.4) is 0 Å². The Morgan fingerprint density at radius 2 is 1.50 bits per heavy atom. The summed E-state index contributed by atoms with van der Waals surface area (Å²) >= 11 is 5.40. The Bertz CT molecular complexity index is 775. The quantitative estimate of drug-likeness (QED) is 0.243. The second-order valence-electron chi connectivity index (χ2n) is 5.96. The van der Waals surface area contributed by atoms with Crippen LogP contribution in [0.25, 0.3) is 0 Å². The van der Waals surface area contributed by atoms with Gasteiger partial charge in [0.15, 0.2) is 0 Å². The number of para-hydroxylation sites is 1. The van der Waals surface area contributed by atoms with Gasteiger partial charge in [-0.2, -0.15) is 39.5 Å². The van der Waals surface area contributed by atoms with Crippen LogP contribution in [0.15, 0.2) is 29.4 Å². The van der Waals surface area contributed by atoms with Gasteiger partial charge in [0.1, 0.15) is 5.17 Å². The topological polar surface area (TPSA) is 62.7 Å². The number of anilines is 1. The lowest BCUT2D eigenvalue weighted by atomic mass is 10.1. The van der Waals surface area contributed by atoms with Crippen molar-refractivity contribution in [1.82, 2.24) is 5.32 Å². The van der Waals surface area contributed by atoms with Crippen LogP contribution < -0.4 is 10.6 Å². The van der Waals surface area contributed by atoms with Crippen LogP contribution in [-0.4, -0.2) is 29.3 Å². The number of amides is 2. The van der Waals surface area contributed by atoms with E-state index in [0.29, 0.717) is 17.4 Å². The first-order valence-electron chi connectivity index (χ1n) is 7.72. The van der Waals surface area contributed by atoms with E-state index in [1.807, 2.05) is 0 Å². The predicted molar refractivity (Wildman–Crippen MR) is 87.7 cm³/mol. The number of nitrogens with zero attached hydrogens (tertiary/aromatic N) is 1. The fraction of sp³-hybridized carbons (Fsp3) is 0.467. The maximum Gasteiger partial charge on any atom is 0.461 e. The summed E-state index contributed by atoms with van der Waals surface area (Å²) in [5, 5.41) is 3.54. The zero-order chi connectivity index (χ0) is 23.5. The Morgan fingerprint density at radius 3 is 1.93 bits per heavy atom. The lowest BCUT2D eigenvalue weighted by Gasteiger charge is -2.35. The zero-order valence-corrected chi connectivity index (χ0v) is 15.7. The minimum atomic E-state index is -6.33. The third-order valence-electron chi connectivity index (χ3n) is 3.31. The Kier molecular flexibility index (Phi) is 7.51. The molecule has 0 aliphatic carbocycles. The highest BCUT2D eigenvalue weighted by Gasteiger charge is 2.76. The molecular formula is C15H13ClF9N3O2. The SMILES string of the molecule is CC(C)/C(Cl)=N\OC(NC(=O)Nc1ccccc1C(F)(F)F)(C(F)(F)F)C(F)(F)F. The van der Waals surface area contributed by atoms with E-state index in [9.17, 15) is 44.3 Å². The molecule has 0 aliphatic heterocycles. The van der Waals surface area contributed by atoms with Crippen LogP contribution >= 0.6 is 11.6 Å². The summed E-state index contributed by atoms with van der Waals surface area (Å²) in [5.74, 6) is -0.835. The Hall–Kier alpha value is -2.38. The van der Waals surface area contributed by atoms with Gasteiger partial charge in [-0.05, 0) is 12.1 Å². The largest absolute Gasteiger partial charge is 0.461 e. The predicted octanol–water partition coefficient (Wildman–Crippen LogP) is 5.87. The highest BCUT2D eigenvalue weighted by atomic mass is 35.5.